The van der Waals surface area contributed by atoms with Gasteiger partial charge in [0.05, 0.1) is 0 Å². The van der Waals surface area contributed by atoms with E-state index in [1.54, 1.807) is 0 Å². The van der Waals surface area contributed by atoms with Crippen molar-refractivity contribution in [2.45, 2.75) is 110 Å². The Labute approximate surface area is 142 Å². The van der Waals surface area contributed by atoms with E-state index in [0.717, 1.165) is 6.61 Å². The number of rotatable bonds is 17. The molecule has 0 aromatic rings. The van der Waals surface area contributed by atoms with Crippen molar-refractivity contribution in [2.75, 3.05) is 6.61 Å². The predicted molar refractivity (Wildman–Crippen MR) is 91.3 cm³/mol. The van der Waals surface area contributed by atoms with E-state index in [-0.39, 0.29) is 0 Å². The molecule has 0 aliphatic carbocycles. The fourth-order valence-corrected chi connectivity index (χ4v) is 3.13. The first-order valence-corrected chi connectivity index (χ1v) is 10.4. The van der Waals surface area contributed by atoms with Gasteiger partial charge in [0.25, 0.3) is 0 Å². The van der Waals surface area contributed by atoms with Gasteiger partial charge in [-0.05, 0) is 0 Å². The van der Waals surface area contributed by atoms with Crippen LogP contribution in [0.3, 0.4) is 0 Å². The monoisotopic (exact) mass is 389 g/mol. The summed E-state index contributed by atoms with van der Waals surface area (Å²) in [6, 6.07) is 0. The van der Waals surface area contributed by atoms with Gasteiger partial charge in [-0.3, -0.25) is 0 Å². The zero-order valence-electron chi connectivity index (χ0n) is 13.9. The average Bonchev–Trinajstić information content (AvgIpc) is 2.47. The molecule has 1 nitrogen and oxygen atoms in total. The molecule has 0 aliphatic rings. The van der Waals surface area contributed by atoms with Gasteiger partial charge in [-0.25, -0.2) is 0 Å². The van der Waals surface area contributed by atoms with Crippen molar-refractivity contribution >= 4 is 22.9 Å². The Bertz CT molecular complexity index is 143. The second kappa shape index (κ2) is 19.8. The van der Waals surface area contributed by atoms with Crippen molar-refractivity contribution < 1.29 is 3.07 Å². The molecular formula is C18H37OSn. The van der Waals surface area contributed by atoms with Gasteiger partial charge in [0, 0.05) is 0 Å². The van der Waals surface area contributed by atoms with Crippen LogP contribution in [0.4, 0.5) is 0 Å². The molecule has 0 saturated heterocycles. The van der Waals surface area contributed by atoms with Gasteiger partial charge in [-0.2, -0.15) is 0 Å². The number of hydrogen-bond donors (Lipinski definition) is 0. The topological polar surface area (TPSA) is 9.23 Å². The molecular weight excluding hydrogens is 351 g/mol. The third-order valence-corrected chi connectivity index (χ3v) is 4.68. The SMILES string of the molecule is CCCCCCCCCCCCCCCCCC[O][Sn]. The Morgan fingerprint density at radius 1 is 0.500 bits per heavy atom. The predicted octanol–water partition coefficient (Wildman–Crippen LogP) is 6.35. The molecule has 0 aliphatic heterocycles. The molecule has 3 radical (unpaired) electrons. The van der Waals surface area contributed by atoms with Crippen LogP contribution in [0, 0.1) is 0 Å². The molecule has 0 unspecified atom stereocenters. The molecule has 0 bridgehead atoms. The maximum atomic E-state index is 5.15. The van der Waals surface area contributed by atoms with Crippen molar-refractivity contribution in [1.29, 1.82) is 0 Å². The summed E-state index contributed by atoms with van der Waals surface area (Å²) < 4.78 is 5.15. The Balaban J connectivity index is 2.89. The van der Waals surface area contributed by atoms with Crippen LogP contribution in [0.25, 0.3) is 0 Å². The first-order valence-electron chi connectivity index (χ1n) is 9.20. The molecule has 20 heavy (non-hydrogen) atoms. The summed E-state index contributed by atoms with van der Waals surface area (Å²) in [5.74, 6) is 0. The summed E-state index contributed by atoms with van der Waals surface area (Å²) in [6.07, 6.45) is 23.0. The van der Waals surface area contributed by atoms with Gasteiger partial charge in [-0.15, -0.1) is 0 Å². The molecule has 0 fully saturated rings. The fraction of sp³-hybridized carbons (Fsp3) is 1.00. The van der Waals surface area contributed by atoms with Crippen molar-refractivity contribution in [2.24, 2.45) is 0 Å². The minimum atomic E-state index is 0.983. The zero-order valence-corrected chi connectivity index (χ0v) is 16.8. The molecule has 119 valence electrons. The third kappa shape index (κ3) is 18.8. The van der Waals surface area contributed by atoms with Crippen LogP contribution in [-0.4, -0.2) is 29.5 Å². The summed E-state index contributed by atoms with van der Waals surface area (Å²) in [7, 11) is 0. The third-order valence-electron chi connectivity index (χ3n) is 4.10. The van der Waals surface area contributed by atoms with Crippen molar-refractivity contribution in [3.05, 3.63) is 0 Å². The Morgan fingerprint density at radius 3 is 1.10 bits per heavy atom. The first kappa shape index (κ1) is 20.8. The molecule has 0 rings (SSSR count). The van der Waals surface area contributed by atoms with Gasteiger partial charge in [0.15, 0.2) is 0 Å². The summed E-state index contributed by atoms with van der Waals surface area (Å²) in [4.78, 5) is 0. The van der Waals surface area contributed by atoms with Gasteiger partial charge < -0.3 is 0 Å². The van der Waals surface area contributed by atoms with Crippen LogP contribution >= 0.6 is 0 Å². The van der Waals surface area contributed by atoms with Crippen LogP contribution in [-0.2, 0) is 3.07 Å². The van der Waals surface area contributed by atoms with E-state index < -0.39 is 0 Å². The fourth-order valence-electron chi connectivity index (χ4n) is 2.72. The van der Waals surface area contributed by atoms with Crippen LogP contribution < -0.4 is 0 Å². The standard InChI is InChI=1S/C18H37O.Sn/c1-2-3-4-5-6-7-8-9-10-11-12-13-14-15-16-17-18-19;/h2-18H2,1H3;/q-1;+1. The van der Waals surface area contributed by atoms with E-state index >= 15 is 0 Å². The Hall–Kier alpha value is 0.759. The van der Waals surface area contributed by atoms with Crippen LogP contribution in [0.5, 0.6) is 0 Å². The van der Waals surface area contributed by atoms with Crippen molar-refractivity contribution in [3.8, 4) is 0 Å². The van der Waals surface area contributed by atoms with E-state index in [4.69, 9.17) is 3.07 Å². The van der Waals surface area contributed by atoms with Crippen LogP contribution in [0.1, 0.15) is 110 Å². The normalized spacial score (nSPS) is 11.1. The molecule has 0 aromatic heterocycles. The summed E-state index contributed by atoms with van der Waals surface area (Å²) in [5, 5.41) is 0. The van der Waals surface area contributed by atoms with E-state index in [0.29, 0.717) is 0 Å². The first-order chi connectivity index (χ1) is 9.91. The van der Waals surface area contributed by atoms with Gasteiger partial charge in [0.1, 0.15) is 0 Å². The van der Waals surface area contributed by atoms with Gasteiger partial charge in [-0.1, -0.05) is 45.4 Å². The molecule has 2 heteroatoms. The van der Waals surface area contributed by atoms with E-state index in [1.807, 2.05) is 0 Å². The van der Waals surface area contributed by atoms with Crippen molar-refractivity contribution in [1.82, 2.24) is 0 Å². The average molecular weight is 388 g/mol. The summed E-state index contributed by atoms with van der Waals surface area (Å²) in [5.41, 5.74) is 0. The summed E-state index contributed by atoms with van der Waals surface area (Å²) in [6.45, 7) is 3.28. The Kier molecular flexibility index (Phi) is 20.5. The Morgan fingerprint density at radius 2 is 0.800 bits per heavy atom. The van der Waals surface area contributed by atoms with Crippen LogP contribution in [0.2, 0.25) is 0 Å². The second-order valence-electron chi connectivity index (χ2n) is 6.15. The zero-order chi connectivity index (χ0) is 14.7. The number of unbranched alkanes of at least 4 members (excludes halogenated alkanes) is 15. The quantitative estimate of drug-likeness (QED) is 0.209. The minimum absolute atomic E-state index is 0.983. The molecule has 0 saturated carbocycles. The molecule has 0 amide bonds. The molecule has 0 atom stereocenters. The maximum absolute atomic E-state index is 5.15. The van der Waals surface area contributed by atoms with Gasteiger partial charge >= 0.3 is 96.8 Å². The van der Waals surface area contributed by atoms with E-state index in [1.165, 1.54) is 126 Å². The van der Waals surface area contributed by atoms with Gasteiger partial charge in [0.2, 0.25) is 0 Å². The molecule has 0 N–H and O–H groups in total. The van der Waals surface area contributed by atoms with Crippen LogP contribution in [0.15, 0.2) is 0 Å². The van der Waals surface area contributed by atoms with Crippen molar-refractivity contribution in [3.63, 3.8) is 0 Å². The molecule has 0 spiro atoms. The second-order valence-corrected chi connectivity index (χ2v) is 6.98. The molecule has 0 aromatic carbocycles. The van der Waals surface area contributed by atoms with E-state index in [2.05, 4.69) is 6.92 Å². The number of hydrogen-bond acceptors (Lipinski definition) is 1. The summed E-state index contributed by atoms with van der Waals surface area (Å²) >= 11 is 1.22. The molecule has 0 heterocycles. The van der Waals surface area contributed by atoms with E-state index in [9.17, 15) is 0 Å².